The Hall–Kier alpha value is -3.94. The van der Waals surface area contributed by atoms with Gasteiger partial charge in [-0.2, -0.15) is 0 Å². The van der Waals surface area contributed by atoms with E-state index in [4.69, 9.17) is 0 Å². The Balaban J connectivity index is 1.27. The van der Waals surface area contributed by atoms with Gasteiger partial charge in [-0.3, -0.25) is 19.2 Å². The van der Waals surface area contributed by atoms with Crippen LogP contribution >= 0.6 is 0 Å². The Labute approximate surface area is 194 Å². The first-order valence-electron chi connectivity index (χ1n) is 11.4. The van der Waals surface area contributed by atoms with E-state index >= 15 is 0 Å². The minimum Gasteiger partial charge on any atom is -0.506 e. The predicted molar refractivity (Wildman–Crippen MR) is 118 cm³/mol. The van der Waals surface area contributed by atoms with Crippen LogP contribution < -0.4 is 9.80 Å². The van der Waals surface area contributed by atoms with Gasteiger partial charge in [0.15, 0.2) is 0 Å². The van der Waals surface area contributed by atoms with Crippen LogP contribution in [0.1, 0.15) is 0 Å². The molecule has 0 unspecified atom stereocenters. The molecule has 2 saturated carbocycles. The number of aromatic hydroxyl groups is 2. The average molecular weight is 456 g/mol. The van der Waals surface area contributed by atoms with Crippen molar-refractivity contribution in [3.63, 3.8) is 0 Å². The monoisotopic (exact) mass is 456 g/mol. The topological polar surface area (TPSA) is 115 Å². The van der Waals surface area contributed by atoms with Gasteiger partial charge in [0.25, 0.3) is 0 Å². The van der Waals surface area contributed by atoms with Crippen LogP contribution in [0.5, 0.6) is 11.5 Å². The van der Waals surface area contributed by atoms with Crippen molar-refractivity contribution in [2.24, 2.45) is 47.3 Å². The number of nitrogens with zero attached hydrogens (tertiary/aromatic N) is 2. The minimum atomic E-state index is -0.619. The number of phenols is 2. The fourth-order valence-corrected chi connectivity index (χ4v) is 7.38. The normalized spacial score (nSPS) is 37.1. The van der Waals surface area contributed by atoms with Crippen molar-refractivity contribution >= 4 is 35.0 Å². The Morgan fingerprint density at radius 2 is 0.882 bits per heavy atom. The van der Waals surface area contributed by atoms with E-state index in [1.54, 1.807) is 36.4 Å². The van der Waals surface area contributed by atoms with Crippen molar-refractivity contribution in [1.29, 1.82) is 0 Å². The number of para-hydroxylation sites is 4. The summed E-state index contributed by atoms with van der Waals surface area (Å²) in [5, 5.41) is 20.5. The zero-order chi connectivity index (χ0) is 23.5. The third-order valence-electron chi connectivity index (χ3n) is 8.59. The first-order chi connectivity index (χ1) is 16.4. The van der Waals surface area contributed by atoms with Crippen molar-refractivity contribution in [2.45, 2.75) is 0 Å². The second kappa shape index (κ2) is 6.34. The molecule has 0 aromatic heterocycles. The van der Waals surface area contributed by atoms with Crippen LogP contribution in [0.25, 0.3) is 0 Å². The molecular formula is C26H20N2O6. The molecule has 4 fully saturated rings. The lowest BCUT2D eigenvalue weighted by molar-refractivity contribution is -0.166. The highest BCUT2D eigenvalue weighted by Crippen LogP contribution is 2.68. The van der Waals surface area contributed by atoms with Crippen molar-refractivity contribution in [3.8, 4) is 11.5 Å². The summed E-state index contributed by atoms with van der Waals surface area (Å²) in [4.78, 5) is 56.0. The Morgan fingerprint density at radius 3 is 1.26 bits per heavy atom. The quantitative estimate of drug-likeness (QED) is 0.528. The fourth-order valence-electron chi connectivity index (χ4n) is 7.38. The van der Waals surface area contributed by atoms with Crippen molar-refractivity contribution in [1.82, 2.24) is 0 Å². The molecule has 2 bridgehead atoms. The largest absolute Gasteiger partial charge is 0.506 e. The van der Waals surface area contributed by atoms with Crippen LogP contribution in [-0.2, 0) is 19.2 Å². The zero-order valence-corrected chi connectivity index (χ0v) is 17.8. The highest BCUT2D eigenvalue weighted by Gasteiger charge is 2.75. The molecule has 170 valence electrons. The maximum atomic E-state index is 13.5. The molecule has 6 aliphatic rings. The van der Waals surface area contributed by atoms with E-state index in [0.717, 1.165) is 9.80 Å². The number of carbonyl (C=O) groups excluding carboxylic acids is 4. The number of carbonyl (C=O) groups is 4. The summed E-state index contributed by atoms with van der Waals surface area (Å²) < 4.78 is 0. The number of imide groups is 2. The first kappa shape index (κ1) is 19.5. The minimum absolute atomic E-state index is 0.143. The lowest BCUT2D eigenvalue weighted by atomic mass is 9.40. The van der Waals surface area contributed by atoms with Crippen LogP contribution in [0.15, 0.2) is 60.7 Å². The van der Waals surface area contributed by atoms with E-state index in [9.17, 15) is 29.4 Å². The molecule has 0 spiro atoms. The third kappa shape index (κ3) is 2.09. The number of amides is 4. The second-order valence-corrected chi connectivity index (χ2v) is 9.80. The number of hydrogen-bond donors (Lipinski definition) is 2. The molecule has 0 radical (unpaired) electrons. The van der Waals surface area contributed by atoms with Crippen molar-refractivity contribution < 1.29 is 29.4 Å². The molecule has 2 N–H and O–H groups in total. The number of rotatable bonds is 2. The van der Waals surface area contributed by atoms with Crippen LogP contribution in [-0.4, -0.2) is 33.8 Å². The van der Waals surface area contributed by atoms with Gasteiger partial charge in [-0.15, -0.1) is 0 Å². The van der Waals surface area contributed by atoms with E-state index in [0.29, 0.717) is 0 Å². The van der Waals surface area contributed by atoms with Crippen molar-refractivity contribution in [2.75, 3.05) is 9.80 Å². The lowest BCUT2D eigenvalue weighted by Gasteiger charge is -2.60. The molecule has 2 aromatic carbocycles. The van der Waals surface area contributed by atoms with Gasteiger partial charge in [0, 0.05) is 0 Å². The molecular weight excluding hydrogens is 436 g/mol. The lowest BCUT2D eigenvalue weighted by Crippen LogP contribution is -2.63. The van der Waals surface area contributed by atoms with Gasteiger partial charge >= 0.3 is 0 Å². The highest BCUT2D eigenvalue weighted by atomic mass is 16.3. The molecule has 8 rings (SSSR count). The second-order valence-electron chi connectivity index (χ2n) is 9.80. The standard InChI is InChI=1S/C26H20N2O6/c29-15-7-3-1-5-13(15)27-23(31)19-11-9-10-12(20(19)24(27)32)18-17(11)21-22(18)26(34)28(25(21)33)14-6-2-4-8-16(14)30/h1-12,17-22,29-30H/t11-,12-,17-,18-,19-,20-,21-,22-/m1/s1. The molecule has 8 heteroatoms. The number of hydrogen-bond acceptors (Lipinski definition) is 6. The van der Waals surface area contributed by atoms with Crippen LogP contribution in [0.2, 0.25) is 0 Å². The molecule has 2 aliphatic heterocycles. The number of allylic oxidation sites excluding steroid dienone is 2. The van der Waals surface area contributed by atoms with Gasteiger partial charge in [0.2, 0.25) is 23.6 Å². The number of anilines is 2. The number of benzene rings is 2. The van der Waals surface area contributed by atoms with Crippen LogP contribution in [0.4, 0.5) is 11.4 Å². The van der Waals surface area contributed by atoms with E-state index in [1.165, 1.54) is 12.1 Å². The fraction of sp³-hybridized carbons (Fsp3) is 0.308. The summed E-state index contributed by atoms with van der Waals surface area (Å²) in [5.41, 5.74) is 0.332. The zero-order valence-electron chi connectivity index (χ0n) is 17.8. The predicted octanol–water partition coefficient (Wildman–Crippen LogP) is 2.07. The Morgan fingerprint density at radius 1 is 0.529 bits per heavy atom. The first-order valence-corrected chi connectivity index (χ1v) is 11.4. The summed E-state index contributed by atoms with van der Waals surface area (Å²) in [6.07, 6.45) is 3.87. The average Bonchev–Trinajstić information content (AvgIpc) is 3.19. The molecule has 34 heavy (non-hydrogen) atoms. The van der Waals surface area contributed by atoms with Crippen molar-refractivity contribution in [3.05, 3.63) is 60.7 Å². The summed E-state index contributed by atoms with van der Waals surface area (Å²) >= 11 is 0. The van der Waals surface area contributed by atoms with E-state index in [-0.39, 0.29) is 70.2 Å². The molecule has 2 aromatic rings. The van der Waals surface area contributed by atoms with E-state index in [1.807, 2.05) is 12.2 Å². The van der Waals surface area contributed by atoms with Gasteiger partial charge in [-0.1, -0.05) is 36.4 Å². The van der Waals surface area contributed by atoms with Crippen LogP contribution in [0.3, 0.4) is 0 Å². The molecule has 8 atom stereocenters. The molecule has 8 nitrogen and oxygen atoms in total. The van der Waals surface area contributed by atoms with Crippen LogP contribution in [0, 0.1) is 47.3 Å². The van der Waals surface area contributed by atoms with Gasteiger partial charge in [0.1, 0.15) is 11.5 Å². The maximum absolute atomic E-state index is 13.5. The molecule has 2 saturated heterocycles. The van der Waals surface area contributed by atoms with E-state index < -0.39 is 23.7 Å². The third-order valence-corrected chi connectivity index (χ3v) is 8.59. The SMILES string of the molecule is O=C1[C@@H]2[C@@H]3C=C[C@@H]([C@H]2C(=O)N1c1ccccc1O)[C@H]1[C@H]2C(=O)N(c4ccccc4O)C(=O)[C@@H]2[C@H]31. The summed E-state index contributed by atoms with van der Waals surface area (Å²) in [6.45, 7) is 0. The van der Waals surface area contributed by atoms with Gasteiger partial charge < -0.3 is 10.2 Å². The summed E-state index contributed by atoms with van der Waals surface area (Å²) in [7, 11) is 0. The van der Waals surface area contributed by atoms with Gasteiger partial charge in [-0.05, 0) is 47.9 Å². The Kier molecular flexibility index (Phi) is 3.64. The van der Waals surface area contributed by atoms with Gasteiger partial charge in [0.05, 0.1) is 35.0 Å². The smallest absolute Gasteiger partial charge is 0.238 e. The number of fused-ring (bicyclic) bond motifs is 1. The molecule has 4 aliphatic carbocycles. The summed E-state index contributed by atoms with van der Waals surface area (Å²) in [6, 6.07) is 12.5. The van der Waals surface area contributed by atoms with Gasteiger partial charge in [-0.25, -0.2) is 9.80 Å². The molecule has 2 heterocycles. The van der Waals surface area contributed by atoms with E-state index in [2.05, 4.69) is 0 Å². The Bertz CT molecular complexity index is 1290. The number of phenolic OH excluding ortho intramolecular Hbond substituents is 2. The highest BCUT2D eigenvalue weighted by molar-refractivity contribution is 6.25. The summed E-state index contributed by atoms with van der Waals surface area (Å²) in [5.74, 6) is -5.23. The maximum Gasteiger partial charge on any atom is 0.238 e. The molecule has 4 amide bonds.